The van der Waals surface area contributed by atoms with Crippen LogP contribution in [0.3, 0.4) is 0 Å². The van der Waals surface area contributed by atoms with Crippen LogP contribution in [0.2, 0.25) is 0 Å². The molecule has 0 amide bonds. The molecule has 1 aromatic carbocycles. The highest BCUT2D eigenvalue weighted by atomic mass is 16.3. The van der Waals surface area contributed by atoms with Crippen LogP contribution in [-0.4, -0.2) is 10.9 Å². The zero-order valence-corrected chi connectivity index (χ0v) is 10.5. The fourth-order valence-electron chi connectivity index (χ4n) is 2.71. The van der Waals surface area contributed by atoms with Gasteiger partial charge in [-0.1, -0.05) is 38.1 Å². The molecule has 17 heavy (non-hydrogen) atoms. The van der Waals surface area contributed by atoms with Gasteiger partial charge in [0.25, 0.3) is 0 Å². The number of aliphatic hydroxyl groups excluding tert-OH is 1. The minimum atomic E-state index is -0.503. The van der Waals surface area contributed by atoms with Crippen LogP contribution in [0.15, 0.2) is 30.3 Å². The molecule has 0 aliphatic heterocycles. The van der Waals surface area contributed by atoms with Crippen LogP contribution in [0, 0.1) is 5.92 Å². The van der Waals surface area contributed by atoms with E-state index in [9.17, 15) is 9.90 Å². The van der Waals surface area contributed by atoms with Crippen LogP contribution >= 0.6 is 0 Å². The summed E-state index contributed by atoms with van der Waals surface area (Å²) in [4.78, 5) is 12.2. The average molecular weight is 230 g/mol. The van der Waals surface area contributed by atoms with Gasteiger partial charge in [-0.25, -0.2) is 0 Å². The molecule has 0 bridgehead atoms. The highest BCUT2D eigenvalue weighted by Crippen LogP contribution is 2.40. The van der Waals surface area contributed by atoms with Crippen molar-refractivity contribution in [3.05, 3.63) is 41.5 Å². The monoisotopic (exact) mass is 230 g/mol. The Morgan fingerprint density at radius 1 is 1.29 bits per heavy atom. The SMILES string of the molecule is CC(C)CC1(C)C(=O)C=C(O)c2ccccc21. The second-order valence-corrected chi connectivity index (χ2v) is 5.37. The van der Waals surface area contributed by atoms with E-state index in [1.165, 1.54) is 6.08 Å². The van der Waals surface area contributed by atoms with Crippen LogP contribution in [0.1, 0.15) is 38.3 Å². The second-order valence-electron chi connectivity index (χ2n) is 5.37. The van der Waals surface area contributed by atoms with Crippen molar-refractivity contribution < 1.29 is 9.90 Å². The molecule has 1 aromatic rings. The molecule has 0 fully saturated rings. The van der Waals surface area contributed by atoms with Gasteiger partial charge < -0.3 is 5.11 Å². The lowest BCUT2D eigenvalue weighted by molar-refractivity contribution is -0.120. The van der Waals surface area contributed by atoms with E-state index in [4.69, 9.17) is 0 Å². The van der Waals surface area contributed by atoms with E-state index < -0.39 is 5.41 Å². The number of rotatable bonds is 2. The molecule has 0 radical (unpaired) electrons. The lowest BCUT2D eigenvalue weighted by Crippen LogP contribution is -2.36. The average Bonchev–Trinajstić information content (AvgIpc) is 2.26. The van der Waals surface area contributed by atoms with Gasteiger partial charge in [0, 0.05) is 11.6 Å². The molecule has 0 heterocycles. The normalized spacial score (nSPS) is 23.5. The maximum absolute atomic E-state index is 12.2. The van der Waals surface area contributed by atoms with Gasteiger partial charge in [-0.3, -0.25) is 4.79 Å². The largest absolute Gasteiger partial charge is 0.507 e. The minimum absolute atomic E-state index is 0.00222. The summed E-state index contributed by atoms with van der Waals surface area (Å²) in [5.41, 5.74) is 1.23. The number of carbonyl (C=O) groups excluding carboxylic acids is 1. The van der Waals surface area contributed by atoms with E-state index in [0.717, 1.165) is 17.5 Å². The maximum atomic E-state index is 12.2. The Balaban J connectivity index is 2.59. The fourth-order valence-corrected chi connectivity index (χ4v) is 2.71. The number of fused-ring (bicyclic) bond motifs is 1. The van der Waals surface area contributed by atoms with Crippen molar-refractivity contribution in [1.29, 1.82) is 0 Å². The first kappa shape index (κ1) is 11.9. The molecule has 1 N–H and O–H groups in total. The lowest BCUT2D eigenvalue weighted by Gasteiger charge is -2.34. The Morgan fingerprint density at radius 2 is 1.94 bits per heavy atom. The van der Waals surface area contributed by atoms with E-state index in [1.54, 1.807) is 0 Å². The maximum Gasteiger partial charge on any atom is 0.169 e. The molecule has 90 valence electrons. The van der Waals surface area contributed by atoms with Gasteiger partial charge >= 0.3 is 0 Å². The first-order valence-corrected chi connectivity index (χ1v) is 6.00. The summed E-state index contributed by atoms with van der Waals surface area (Å²) < 4.78 is 0. The van der Waals surface area contributed by atoms with Gasteiger partial charge in [0.2, 0.25) is 0 Å². The molecule has 1 aliphatic carbocycles. The lowest BCUT2D eigenvalue weighted by atomic mass is 9.68. The standard InChI is InChI=1S/C15H18O2/c1-10(2)9-15(3)12-7-5-4-6-11(12)13(16)8-14(15)17/h4-8,10,16H,9H2,1-3H3. The number of allylic oxidation sites excluding steroid dienone is 1. The van der Waals surface area contributed by atoms with Crippen LogP contribution in [0.5, 0.6) is 0 Å². The van der Waals surface area contributed by atoms with Crippen molar-refractivity contribution in [2.24, 2.45) is 5.92 Å². The first-order chi connectivity index (χ1) is 7.95. The molecule has 0 spiro atoms. The second kappa shape index (κ2) is 4.02. The van der Waals surface area contributed by atoms with Gasteiger partial charge in [0.15, 0.2) is 5.78 Å². The predicted molar refractivity (Wildman–Crippen MR) is 68.9 cm³/mol. The van der Waals surface area contributed by atoms with Crippen molar-refractivity contribution in [3.8, 4) is 0 Å². The van der Waals surface area contributed by atoms with Crippen molar-refractivity contribution >= 4 is 11.5 Å². The smallest absolute Gasteiger partial charge is 0.169 e. The van der Waals surface area contributed by atoms with Crippen LogP contribution in [0.25, 0.3) is 5.76 Å². The third-order valence-corrected chi connectivity index (χ3v) is 3.43. The molecule has 1 atom stereocenters. The summed E-state index contributed by atoms with van der Waals surface area (Å²) in [5, 5.41) is 9.84. The highest BCUT2D eigenvalue weighted by molar-refractivity contribution is 6.06. The zero-order chi connectivity index (χ0) is 12.6. The molecule has 1 unspecified atom stereocenters. The van der Waals surface area contributed by atoms with Crippen molar-refractivity contribution in [3.63, 3.8) is 0 Å². The Kier molecular flexibility index (Phi) is 2.82. The summed E-state index contributed by atoms with van der Waals surface area (Å²) in [5.74, 6) is 0.528. The summed E-state index contributed by atoms with van der Waals surface area (Å²) in [6, 6.07) is 7.61. The molecule has 0 aromatic heterocycles. The summed E-state index contributed by atoms with van der Waals surface area (Å²) in [7, 11) is 0. The molecule has 1 aliphatic rings. The molecule has 2 rings (SSSR count). The summed E-state index contributed by atoms with van der Waals surface area (Å²) in [6.45, 7) is 6.19. The van der Waals surface area contributed by atoms with Gasteiger partial charge in [-0.2, -0.15) is 0 Å². The van der Waals surface area contributed by atoms with Crippen molar-refractivity contribution in [1.82, 2.24) is 0 Å². The van der Waals surface area contributed by atoms with Crippen molar-refractivity contribution in [2.45, 2.75) is 32.6 Å². The van der Waals surface area contributed by atoms with E-state index in [2.05, 4.69) is 13.8 Å². The molecule has 0 saturated carbocycles. The van der Waals surface area contributed by atoms with Gasteiger partial charge in [0.1, 0.15) is 5.76 Å². The summed E-state index contributed by atoms with van der Waals surface area (Å²) >= 11 is 0. The Morgan fingerprint density at radius 3 is 2.59 bits per heavy atom. The van der Waals surface area contributed by atoms with Crippen molar-refractivity contribution in [2.75, 3.05) is 0 Å². The zero-order valence-electron chi connectivity index (χ0n) is 10.5. The Bertz CT molecular complexity index is 485. The van der Waals surface area contributed by atoms with Crippen LogP contribution in [-0.2, 0) is 10.2 Å². The molecule has 2 heteroatoms. The highest BCUT2D eigenvalue weighted by Gasteiger charge is 2.39. The molecular formula is C15H18O2. The van der Waals surface area contributed by atoms with Gasteiger partial charge in [0.05, 0.1) is 5.41 Å². The van der Waals surface area contributed by atoms with Gasteiger partial charge in [-0.15, -0.1) is 0 Å². The Labute approximate surface area is 102 Å². The number of ketones is 1. The van der Waals surface area contributed by atoms with E-state index in [-0.39, 0.29) is 11.5 Å². The number of hydrogen-bond acceptors (Lipinski definition) is 2. The molecular weight excluding hydrogens is 212 g/mol. The third kappa shape index (κ3) is 1.88. The third-order valence-electron chi connectivity index (χ3n) is 3.43. The van der Waals surface area contributed by atoms with E-state index in [1.807, 2.05) is 31.2 Å². The number of hydrogen-bond donors (Lipinski definition) is 1. The number of carbonyl (C=O) groups is 1. The molecule has 2 nitrogen and oxygen atoms in total. The van der Waals surface area contributed by atoms with Crippen LogP contribution in [0.4, 0.5) is 0 Å². The minimum Gasteiger partial charge on any atom is -0.507 e. The van der Waals surface area contributed by atoms with E-state index in [0.29, 0.717) is 5.92 Å². The Hall–Kier alpha value is -1.57. The van der Waals surface area contributed by atoms with Crippen LogP contribution < -0.4 is 0 Å². The fraction of sp³-hybridized carbons (Fsp3) is 0.400. The molecule has 0 saturated heterocycles. The predicted octanol–water partition coefficient (Wildman–Crippen LogP) is 3.47. The first-order valence-electron chi connectivity index (χ1n) is 6.00. The number of aliphatic hydroxyl groups is 1. The number of benzene rings is 1. The van der Waals surface area contributed by atoms with Gasteiger partial charge in [-0.05, 0) is 24.8 Å². The topological polar surface area (TPSA) is 37.3 Å². The van der Waals surface area contributed by atoms with E-state index >= 15 is 0 Å². The quantitative estimate of drug-likeness (QED) is 0.844. The summed E-state index contributed by atoms with van der Waals surface area (Å²) in [6.07, 6.45) is 2.16.